The van der Waals surface area contributed by atoms with Crippen LogP contribution in [0.4, 0.5) is 11.4 Å². The van der Waals surface area contributed by atoms with Gasteiger partial charge in [0.1, 0.15) is 47.0 Å². The highest BCUT2D eigenvalue weighted by Crippen LogP contribution is 2.55. The van der Waals surface area contributed by atoms with Gasteiger partial charge in [0.2, 0.25) is 5.69 Å². The zero-order valence-corrected chi connectivity index (χ0v) is 50.4. The third-order valence-corrected chi connectivity index (χ3v) is 20.1. The molecule has 4 aromatic carbocycles. The van der Waals surface area contributed by atoms with Gasteiger partial charge in [-0.2, -0.15) is 4.58 Å². The molecule has 0 bridgehead atoms. The average Bonchev–Trinajstić information content (AvgIpc) is 1.58. The van der Waals surface area contributed by atoms with Gasteiger partial charge in [-0.1, -0.05) is 29.8 Å². The normalized spacial score (nSPS) is 20.9. The van der Waals surface area contributed by atoms with Gasteiger partial charge < -0.3 is 42.0 Å². The number of amides is 2. The highest BCUT2D eigenvalue weighted by atomic mass is 35.5. The number of fused-ring (bicyclic) bond motifs is 6. The number of anilines is 1. The van der Waals surface area contributed by atoms with Gasteiger partial charge in [-0.25, -0.2) is 46.9 Å². The van der Waals surface area contributed by atoms with Crippen LogP contribution < -0.4 is 4.90 Å². The molecule has 3 heterocycles. The van der Waals surface area contributed by atoms with E-state index < -0.39 is 105 Å². The summed E-state index contributed by atoms with van der Waals surface area (Å²) >= 11 is 7.33. The first kappa shape index (κ1) is 64.2. The Hall–Kier alpha value is -5.80. The second-order valence-electron chi connectivity index (χ2n) is 20.9. The van der Waals surface area contributed by atoms with Gasteiger partial charge in [-0.15, -0.1) is 5.06 Å². The Kier molecular flexibility index (Phi) is 18.5. The zero-order valence-electron chi connectivity index (χ0n) is 45.6. The second-order valence-corrected chi connectivity index (χ2v) is 28.2. The largest absolute Gasteiger partial charge is 0.748 e. The monoisotopic (exact) mass is 1280 g/mol. The predicted octanol–water partition coefficient (Wildman–Crippen LogP) is 5.57. The minimum absolute atomic E-state index is 0.00232. The second kappa shape index (κ2) is 24.2. The Morgan fingerprint density at radius 2 is 1.29 bits per heavy atom. The van der Waals surface area contributed by atoms with Crippen LogP contribution in [-0.4, -0.2) is 144 Å². The lowest BCUT2D eigenvalue weighted by molar-refractivity contribution is -0.438. The molecule has 4 aliphatic rings. The van der Waals surface area contributed by atoms with Crippen molar-refractivity contribution in [1.29, 1.82) is 0 Å². The Morgan fingerprint density at radius 3 is 1.85 bits per heavy atom. The van der Waals surface area contributed by atoms with Gasteiger partial charge in [0.05, 0.1) is 54.7 Å². The summed E-state index contributed by atoms with van der Waals surface area (Å²) < 4.78 is 200. The molecular weight excluding hydrogens is 1220 g/mol. The van der Waals surface area contributed by atoms with Crippen LogP contribution in [0.3, 0.4) is 0 Å². The number of allylic oxidation sites excluding steroid dienone is 8. The number of carbonyl (C=O) groups is 3. The molecule has 2 atom stereocenters. The van der Waals surface area contributed by atoms with Gasteiger partial charge in [-0.05, 0) is 135 Å². The summed E-state index contributed by atoms with van der Waals surface area (Å²) in [5.41, 5.74) is 0.722. The first-order valence-corrected chi connectivity index (χ1v) is 33.8. The lowest BCUT2D eigenvalue weighted by atomic mass is 9.74. The maximum Gasteiger partial charge on any atom is 0.333 e. The van der Waals surface area contributed by atoms with Gasteiger partial charge in [-0.3, -0.25) is 9.59 Å². The van der Waals surface area contributed by atoms with E-state index in [4.69, 9.17) is 25.9 Å². The molecule has 2 unspecified atom stereocenters. The topological polar surface area (TPSA) is 374 Å². The third-order valence-electron chi connectivity index (χ3n) is 15.5. The number of nitrogens with zero attached hydrogens (tertiary/aromatic N) is 3. The number of benzene rings is 4. The summed E-state index contributed by atoms with van der Waals surface area (Å²) in [5.74, 6) is -3.11. The average molecular weight is 1280 g/mol. The fourth-order valence-corrected chi connectivity index (χ4v) is 15.1. The molecule has 2 amide bonds. The van der Waals surface area contributed by atoms with E-state index in [0.29, 0.717) is 70.4 Å². The Bertz CT molecular complexity index is 4180. The summed E-state index contributed by atoms with van der Waals surface area (Å²) in [4.78, 5) is 40.7. The maximum atomic E-state index is 13.1. The van der Waals surface area contributed by atoms with E-state index in [-0.39, 0.29) is 116 Å². The Labute approximate surface area is 490 Å². The molecule has 454 valence electrons. The number of ether oxygens (including phenoxy) is 2. The van der Waals surface area contributed by atoms with E-state index in [2.05, 4.69) is 0 Å². The fraction of sp³-hybridized carbons (Fsp3) is 0.407. The summed E-state index contributed by atoms with van der Waals surface area (Å²) in [6, 6.07) is 8.58. The van der Waals surface area contributed by atoms with Crippen LogP contribution >= 0.6 is 11.6 Å². The van der Waals surface area contributed by atoms with Gasteiger partial charge in [0, 0.05) is 90.2 Å². The lowest BCUT2D eigenvalue weighted by Crippen LogP contribution is -2.33. The number of halogens is 1. The van der Waals surface area contributed by atoms with Crippen molar-refractivity contribution >= 4 is 119 Å². The van der Waals surface area contributed by atoms with Crippen molar-refractivity contribution in [2.45, 2.75) is 115 Å². The number of methoxy groups -OCH3 is 1. The SMILES string of the molecule is CCN1C(=CC=C2CCCC(C=CC3=[N+](CCCC(=O)ON4C(=O)CCC4=O)c4ccc5c(S(=O)(=O)[O-])cc(S(=O)(=O)[O-])cc5c4C3(C)CCOCCOC)=C2Cl)C(C)(CCCS(=O)(=O)[O-])c2c1ccc1c(S(=O)(=O)[O-])cc(S(=O)(=O)[O-])cc21. The molecule has 0 aromatic heterocycles. The number of hydrogen-bond acceptors (Lipinski definition) is 22. The van der Waals surface area contributed by atoms with Crippen LogP contribution in [-0.2, 0) is 90.1 Å². The van der Waals surface area contributed by atoms with E-state index in [1.54, 1.807) is 54.6 Å². The van der Waals surface area contributed by atoms with E-state index >= 15 is 0 Å². The first-order chi connectivity index (χ1) is 39.1. The molecule has 0 spiro atoms. The molecular formula is C54H56ClN3O21S5-4. The van der Waals surface area contributed by atoms with Crippen molar-refractivity contribution in [1.82, 2.24) is 5.06 Å². The standard InChI is InChI=1S/C54H60ClN3O21S5/c1-5-56-41-16-14-37-39(29-35(81(65,66)67)31-43(37)83(71,72)73)50(41)53(2,22-8-28-80(62,63)64)45(56)18-12-33-9-6-10-34(52(33)55)13-19-46-54(3,23-25-78-27-26-77-4)51-40-30-36(82(68,69)70)32-44(84(74,75)76)38(40)15-17-42(51)57(46)24-7-11-49(61)79-58-47(59)20-21-48(58)60/h12-19,29-32H,5-11,20-28H2,1-4H3,(H4-,62,63,64,65,66,67,68,69,70,71,72,73,74,75,76)/p-4. The van der Waals surface area contributed by atoms with Crippen LogP contribution in [0.25, 0.3) is 21.5 Å². The number of rotatable bonds is 23. The molecule has 84 heavy (non-hydrogen) atoms. The van der Waals surface area contributed by atoms with E-state index in [0.717, 1.165) is 12.1 Å². The van der Waals surface area contributed by atoms with Crippen LogP contribution in [0.1, 0.15) is 96.1 Å². The first-order valence-electron chi connectivity index (χ1n) is 26.2. The molecule has 8 rings (SSSR count). The van der Waals surface area contributed by atoms with Gasteiger partial charge in [0.15, 0.2) is 5.71 Å². The summed E-state index contributed by atoms with van der Waals surface area (Å²) in [6.45, 7) is 5.76. The zero-order chi connectivity index (χ0) is 61.7. The number of hydroxylamine groups is 2. The molecule has 1 saturated heterocycles. The van der Waals surface area contributed by atoms with Crippen molar-refractivity contribution < 1.29 is 98.1 Å². The van der Waals surface area contributed by atoms with Crippen molar-refractivity contribution in [3.63, 3.8) is 0 Å². The van der Waals surface area contributed by atoms with E-state index in [9.17, 15) is 79.2 Å². The quantitative estimate of drug-likeness (QED) is 0.0379. The molecule has 0 radical (unpaired) electrons. The van der Waals surface area contributed by atoms with Gasteiger partial charge >= 0.3 is 5.97 Å². The fourth-order valence-electron chi connectivity index (χ4n) is 11.7. The Morgan fingerprint density at radius 1 is 0.690 bits per heavy atom. The molecule has 30 heteroatoms. The van der Waals surface area contributed by atoms with Crippen LogP contribution in [0, 0.1) is 0 Å². The summed E-state index contributed by atoms with van der Waals surface area (Å²) in [6.07, 6.45) is 7.34. The van der Waals surface area contributed by atoms with Crippen molar-refractivity contribution in [3.05, 3.63) is 106 Å². The molecule has 3 aliphatic heterocycles. The minimum Gasteiger partial charge on any atom is -0.748 e. The third kappa shape index (κ3) is 13.1. The van der Waals surface area contributed by atoms with E-state index in [1.807, 2.05) is 0 Å². The smallest absolute Gasteiger partial charge is 0.333 e. The minimum atomic E-state index is -5.42. The van der Waals surface area contributed by atoms with Crippen LogP contribution in [0.5, 0.6) is 0 Å². The van der Waals surface area contributed by atoms with Crippen molar-refractivity contribution in [2.24, 2.45) is 0 Å². The molecule has 1 fully saturated rings. The highest BCUT2D eigenvalue weighted by Gasteiger charge is 2.50. The highest BCUT2D eigenvalue weighted by molar-refractivity contribution is 7.87. The molecule has 0 saturated carbocycles. The molecule has 4 aromatic rings. The molecule has 24 nitrogen and oxygen atoms in total. The predicted molar refractivity (Wildman–Crippen MR) is 297 cm³/mol. The van der Waals surface area contributed by atoms with Crippen molar-refractivity contribution in [2.75, 3.05) is 50.7 Å². The van der Waals surface area contributed by atoms with E-state index in [1.165, 1.54) is 31.4 Å². The number of hydrogen-bond donors (Lipinski definition) is 0. The summed E-state index contributed by atoms with van der Waals surface area (Å²) in [5, 5.41) is 0.133. The number of imide groups is 1. The van der Waals surface area contributed by atoms with Gasteiger partial charge in [0.25, 0.3) is 11.8 Å². The number of likely N-dealkylation sites (N-methyl/N-ethyl adjacent to an activating group) is 1. The maximum absolute atomic E-state index is 13.1. The molecule has 0 N–H and O–H groups in total. The summed E-state index contributed by atoms with van der Waals surface area (Å²) in [7, 11) is -24.9. The Balaban J connectivity index is 1.28. The molecule has 1 aliphatic carbocycles. The van der Waals surface area contributed by atoms with Crippen LogP contribution in [0.15, 0.2) is 114 Å². The van der Waals surface area contributed by atoms with Crippen molar-refractivity contribution in [3.8, 4) is 0 Å². The van der Waals surface area contributed by atoms with Crippen LogP contribution in [0.2, 0.25) is 0 Å². The lowest BCUT2D eigenvalue weighted by Gasteiger charge is -2.31. The number of carbonyl (C=O) groups excluding carboxylic acids is 3.